The standard InChI is InChI=1S/C12H15I/c1-10(2)6-5-8-11-7-3-4-9-12(11)13/h3-4,7,9H,1,5-6,8H2,2H3. The Balaban J connectivity index is 2.45. The highest BCUT2D eigenvalue weighted by Crippen LogP contribution is 2.15. The third kappa shape index (κ3) is 3.94. The van der Waals surface area contributed by atoms with E-state index < -0.39 is 0 Å². The Morgan fingerprint density at radius 3 is 2.69 bits per heavy atom. The largest absolute Gasteiger partial charge is 0.100 e. The molecule has 13 heavy (non-hydrogen) atoms. The lowest BCUT2D eigenvalue weighted by atomic mass is 10.1. The molecule has 70 valence electrons. The highest BCUT2D eigenvalue weighted by atomic mass is 127. The minimum atomic E-state index is 1.14. The molecule has 0 saturated heterocycles. The zero-order valence-electron chi connectivity index (χ0n) is 8.02. The predicted molar refractivity (Wildman–Crippen MR) is 66.9 cm³/mol. The first-order chi connectivity index (χ1) is 6.20. The van der Waals surface area contributed by atoms with E-state index in [2.05, 4.69) is 60.4 Å². The lowest BCUT2D eigenvalue weighted by Crippen LogP contribution is -1.89. The highest BCUT2D eigenvalue weighted by molar-refractivity contribution is 14.1. The van der Waals surface area contributed by atoms with Gasteiger partial charge in [-0.25, -0.2) is 0 Å². The van der Waals surface area contributed by atoms with Crippen LogP contribution in [0.1, 0.15) is 25.3 Å². The van der Waals surface area contributed by atoms with E-state index in [0.717, 1.165) is 6.42 Å². The summed E-state index contributed by atoms with van der Waals surface area (Å²) in [7, 11) is 0. The van der Waals surface area contributed by atoms with Crippen molar-refractivity contribution in [2.24, 2.45) is 0 Å². The molecule has 0 saturated carbocycles. The fourth-order valence-corrected chi connectivity index (χ4v) is 1.94. The van der Waals surface area contributed by atoms with Crippen molar-refractivity contribution in [2.75, 3.05) is 0 Å². The molecule has 0 spiro atoms. The molecule has 0 amide bonds. The number of hydrogen-bond acceptors (Lipinski definition) is 0. The third-order valence-corrected chi connectivity index (χ3v) is 3.06. The van der Waals surface area contributed by atoms with Crippen molar-refractivity contribution in [3.8, 4) is 0 Å². The van der Waals surface area contributed by atoms with Crippen LogP contribution in [0.2, 0.25) is 0 Å². The van der Waals surface area contributed by atoms with Gasteiger partial charge in [-0.1, -0.05) is 23.8 Å². The van der Waals surface area contributed by atoms with Gasteiger partial charge in [0.05, 0.1) is 0 Å². The van der Waals surface area contributed by atoms with E-state index >= 15 is 0 Å². The molecular weight excluding hydrogens is 271 g/mol. The lowest BCUT2D eigenvalue weighted by Gasteiger charge is -2.03. The second kappa shape index (κ2) is 5.43. The number of benzene rings is 1. The SMILES string of the molecule is C=C(C)CCCc1ccccc1I. The molecule has 0 nitrogen and oxygen atoms in total. The molecule has 0 aliphatic carbocycles. The van der Waals surface area contributed by atoms with Crippen molar-refractivity contribution in [1.29, 1.82) is 0 Å². The predicted octanol–water partition coefficient (Wildman–Crippen LogP) is 4.19. The molecule has 0 radical (unpaired) electrons. The summed E-state index contributed by atoms with van der Waals surface area (Å²) in [6, 6.07) is 8.57. The van der Waals surface area contributed by atoms with E-state index in [1.807, 2.05) is 0 Å². The summed E-state index contributed by atoms with van der Waals surface area (Å²) in [6.45, 7) is 6.00. The van der Waals surface area contributed by atoms with E-state index in [4.69, 9.17) is 0 Å². The summed E-state index contributed by atoms with van der Waals surface area (Å²) in [4.78, 5) is 0. The number of rotatable bonds is 4. The minimum absolute atomic E-state index is 1.14. The first-order valence-electron chi connectivity index (χ1n) is 4.58. The first kappa shape index (κ1) is 10.8. The summed E-state index contributed by atoms with van der Waals surface area (Å²) < 4.78 is 1.38. The quantitative estimate of drug-likeness (QED) is 0.575. The number of allylic oxidation sites excluding steroid dienone is 1. The number of aryl methyl sites for hydroxylation is 1. The van der Waals surface area contributed by atoms with E-state index in [0.29, 0.717) is 0 Å². The van der Waals surface area contributed by atoms with E-state index in [1.165, 1.54) is 27.5 Å². The molecule has 0 unspecified atom stereocenters. The number of hydrogen-bond donors (Lipinski definition) is 0. The second-order valence-electron chi connectivity index (χ2n) is 3.40. The molecule has 1 rings (SSSR count). The fourth-order valence-electron chi connectivity index (χ4n) is 1.28. The van der Waals surface area contributed by atoms with Crippen molar-refractivity contribution in [3.63, 3.8) is 0 Å². The van der Waals surface area contributed by atoms with E-state index in [1.54, 1.807) is 0 Å². The molecule has 0 fully saturated rings. The van der Waals surface area contributed by atoms with Crippen LogP contribution in [0.15, 0.2) is 36.4 Å². The van der Waals surface area contributed by atoms with Crippen LogP contribution in [0.5, 0.6) is 0 Å². The Kier molecular flexibility index (Phi) is 4.50. The molecule has 1 heteroatoms. The fraction of sp³-hybridized carbons (Fsp3) is 0.333. The Morgan fingerprint density at radius 2 is 2.08 bits per heavy atom. The van der Waals surface area contributed by atoms with E-state index in [-0.39, 0.29) is 0 Å². The Bertz CT molecular complexity index is 289. The normalized spacial score (nSPS) is 10.0. The van der Waals surface area contributed by atoms with Gasteiger partial charge in [0.2, 0.25) is 0 Å². The monoisotopic (exact) mass is 286 g/mol. The summed E-state index contributed by atoms with van der Waals surface area (Å²) in [5.41, 5.74) is 2.75. The maximum absolute atomic E-state index is 3.91. The topological polar surface area (TPSA) is 0 Å². The van der Waals surface area contributed by atoms with E-state index in [9.17, 15) is 0 Å². The second-order valence-corrected chi connectivity index (χ2v) is 4.56. The first-order valence-corrected chi connectivity index (χ1v) is 5.66. The van der Waals surface area contributed by atoms with Gasteiger partial charge in [0.25, 0.3) is 0 Å². The van der Waals surface area contributed by atoms with Gasteiger partial charge in [0.15, 0.2) is 0 Å². The van der Waals surface area contributed by atoms with Crippen LogP contribution >= 0.6 is 22.6 Å². The van der Waals surface area contributed by atoms with Crippen LogP contribution in [0.4, 0.5) is 0 Å². The zero-order valence-corrected chi connectivity index (χ0v) is 10.2. The van der Waals surface area contributed by atoms with Crippen LogP contribution in [0, 0.1) is 3.57 Å². The molecule has 0 N–H and O–H groups in total. The van der Waals surface area contributed by atoms with Crippen molar-refractivity contribution in [3.05, 3.63) is 45.6 Å². The maximum atomic E-state index is 3.91. The Labute approximate surface area is 94.2 Å². The average molecular weight is 286 g/mol. The molecule has 0 aromatic heterocycles. The van der Waals surface area contributed by atoms with Crippen LogP contribution in [0.3, 0.4) is 0 Å². The minimum Gasteiger partial charge on any atom is -0.100 e. The molecule has 0 heterocycles. The summed E-state index contributed by atoms with van der Waals surface area (Å²) in [6.07, 6.45) is 3.53. The van der Waals surface area contributed by atoms with Gasteiger partial charge in [-0.3, -0.25) is 0 Å². The molecular formula is C12H15I. The van der Waals surface area contributed by atoms with Crippen LogP contribution in [-0.2, 0) is 6.42 Å². The van der Waals surface area contributed by atoms with Crippen molar-refractivity contribution in [2.45, 2.75) is 26.2 Å². The van der Waals surface area contributed by atoms with Crippen molar-refractivity contribution < 1.29 is 0 Å². The smallest absolute Gasteiger partial charge is 0.0162 e. The van der Waals surface area contributed by atoms with Crippen LogP contribution < -0.4 is 0 Å². The summed E-state index contributed by atoms with van der Waals surface area (Å²) in [5, 5.41) is 0. The third-order valence-electron chi connectivity index (χ3n) is 2.01. The van der Waals surface area contributed by atoms with Crippen molar-refractivity contribution in [1.82, 2.24) is 0 Å². The molecule has 1 aromatic carbocycles. The van der Waals surface area contributed by atoms with Crippen LogP contribution in [-0.4, -0.2) is 0 Å². The molecule has 0 aliphatic heterocycles. The average Bonchev–Trinajstić information content (AvgIpc) is 2.08. The molecule has 1 aromatic rings. The van der Waals surface area contributed by atoms with Gasteiger partial charge in [-0.2, -0.15) is 0 Å². The molecule has 0 aliphatic rings. The molecule has 0 bridgehead atoms. The van der Waals surface area contributed by atoms with Gasteiger partial charge in [0.1, 0.15) is 0 Å². The van der Waals surface area contributed by atoms with Gasteiger partial charge in [0, 0.05) is 3.57 Å². The Hall–Kier alpha value is -0.310. The Morgan fingerprint density at radius 1 is 1.38 bits per heavy atom. The summed E-state index contributed by atoms with van der Waals surface area (Å²) >= 11 is 2.39. The van der Waals surface area contributed by atoms with Gasteiger partial charge < -0.3 is 0 Å². The van der Waals surface area contributed by atoms with Crippen LogP contribution in [0.25, 0.3) is 0 Å². The summed E-state index contributed by atoms with van der Waals surface area (Å²) in [5.74, 6) is 0. The van der Waals surface area contributed by atoms with Gasteiger partial charge >= 0.3 is 0 Å². The van der Waals surface area contributed by atoms with Crippen molar-refractivity contribution >= 4 is 22.6 Å². The highest BCUT2D eigenvalue weighted by Gasteiger charge is 1.97. The van der Waals surface area contributed by atoms with Gasteiger partial charge in [-0.15, -0.1) is 6.58 Å². The zero-order chi connectivity index (χ0) is 9.68. The maximum Gasteiger partial charge on any atom is 0.0162 e. The lowest BCUT2D eigenvalue weighted by molar-refractivity contribution is 0.811. The number of halogens is 1. The molecule has 0 atom stereocenters. The van der Waals surface area contributed by atoms with Gasteiger partial charge in [-0.05, 0) is 60.4 Å².